The van der Waals surface area contributed by atoms with Crippen LogP contribution in [0.5, 0.6) is 0 Å². The van der Waals surface area contributed by atoms with Crippen molar-refractivity contribution in [2.75, 3.05) is 6.54 Å². The van der Waals surface area contributed by atoms with Crippen LogP contribution >= 0.6 is 27.3 Å². The molecule has 0 spiro atoms. The molecule has 1 aromatic rings. The van der Waals surface area contributed by atoms with E-state index in [0.717, 1.165) is 30.2 Å². The lowest BCUT2D eigenvalue weighted by Crippen LogP contribution is -2.29. The third-order valence-corrected chi connectivity index (χ3v) is 6.12. The molecule has 1 N–H and O–H groups in total. The summed E-state index contributed by atoms with van der Waals surface area (Å²) < 4.78 is 0. The van der Waals surface area contributed by atoms with Gasteiger partial charge in [-0.15, -0.1) is 11.3 Å². The van der Waals surface area contributed by atoms with Crippen LogP contribution in [0.4, 0.5) is 0 Å². The molecule has 0 aromatic carbocycles. The van der Waals surface area contributed by atoms with E-state index in [2.05, 4.69) is 27.3 Å². The van der Waals surface area contributed by atoms with E-state index in [9.17, 15) is 4.79 Å². The van der Waals surface area contributed by atoms with Crippen molar-refractivity contribution in [3.8, 4) is 0 Å². The predicted octanol–water partition coefficient (Wildman–Crippen LogP) is 3.53. The fourth-order valence-corrected chi connectivity index (χ4v) is 4.36. The summed E-state index contributed by atoms with van der Waals surface area (Å²) in [7, 11) is 0. The summed E-state index contributed by atoms with van der Waals surface area (Å²) >= 11 is 5.34. The summed E-state index contributed by atoms with van der Waals surface area (Å²) in [5.74, 6) is 0.890. The molecule has 2 aliphatic carbocycles. The molecule has 0 bridgehead atoms. The number of alkyl halides is 1. The van der Waals surface area contributed by atoms with E-state index in [4.69, 9.17) is 0 Å². The molecule has 1 atom stereocenters. The molecule has 4 heteroatoms. The van der Waals surface area contributed by atoms with Gasteiger partial charge in [-0.05, 0) is 56.1 Å². The van der Waals surface area contributed by atoms with Crippen molar-refractivity contribution < 1.29 is 4.79 Å². The standard InChI is InChI=1S/C14H18BrNOS/c15-11(9-5-6-9)8-16-14(17)13-7-10-3-1-2-4-12(10)18-13/h7,9,11H,1-6,8H2,(H,16,17). The van der Waals surface area contributed by atoms with Crippen LogP contribution in [0.3, 0.4) is 0 Å². The van der Waals surface area contributed by atoms with Gasteiger partial charge in [-0.1, -0.05) is 15.9 Å². The molecule has 2 aliphatic rings. The molecular weight excluding hydrogens is 310 g/mol. The van der Waals surface area contributed by atoms with Crippen LogP contribution in [0.2, 0.25) is 0 Å². The SMILES string of the molecule is O=C(NCC(Br)C1CC1)c1cc2c(s1)CCCC2. The molecule has 0 radical (unpaired) electrons. The quantitative estimate of drug-likeness (QED) is 0.842. The number of aryl methyl sites for hydroxylation is 2. The highest BCUT2D eigenvalue weighted by Crippen LogP contribution is 2.36. The van der Waals surface area contributed by atoms with Crippen LogP contribution in [0.1, 0.15) is 45.8 Å². The second kappa shape index (κ2) is 5.33. The number of fused-ring (bicyclic) bond motifs is 1. The molecule has 2 nitrogen and oxygen atoms in total. The van der Waals surface area contributed by atoms with E-state index >= 15 is 0 Å². The third-order valence-electron chi connectivity index (χ3n) is 3.81. The average Bonchev–Trinajstić information content (AvgIpc) is 3.14. The van der Waals surface area contributed by atoms with Gasteiger partial charge in [0.1, 0.15) is 0 Å². The van der Waals surface area contributed by atoms with E-state index in [1.165, 1.54) is 36.1 Å². The number of amides is 1. The van der Waals surface area contributed by atoms with Gasteiger partial charge in [-0.2, -0.15) is 0 Å². The Morgan fingerprint density at radius 1 is 1.44 bits per heavy atom. The lowest BCUT2D eigenvalue weighted by molar-refractivity contribution is 0.0957. The minimum atomic E-state index is 0.111. The molecule has 1 aromatic heterocycles. The highest BCUT2D eigenvalue weighted by Gasteiger charge is 2.29. The summed E-state index contributed by atoms with van der Waals surface area (Å²) in [4.78, 5) is 14.9. The van der Waals surface area contributed by atoms with Crippen LogP contribution in [-0.2, 0) is 12.8 Å². The number of carbonyl (C=O) groups is 1. The Kier molecular flexibility index (Phi) is 3.76. The topological polar surface area (TPSA) is 29.1 Å². The summed E-state index contributed by atoms with van der Waals surface area (Å²) in [6, 6.07) is 2.11. The first-order chi connectivity index (χ1) is 8.74. The number of rotatable bonds is 4. The molecule has 18 heavy (non-hydrogen) atoms. The summed E-state index contributed by atoms with van der Waals surface area (Å²) in [6.45, 7) is 0.756. The fraction of sp³-hybridized carbons (Fsp3) is 0.643. The molecule has 1 saturated carbocycles. The van der Waals surface area contributed by atoms with Gasteiger partial charge >= 0.3 is 0 Å². The lowest BCUT2D eigenvalue weighted by Gasteiger charge is -2.08. The zero-order valence-electron chi connectivity index (χ0n) is 10.4. The molecular formula is C14H18BrNOS. The Balaban J connectivity index is 1.59. The molecule has 1 amide bonds. The van der Waals surface area contributed by atoms with Crippen molar-refractivity contribution in [3.05, 3.63) is 21.4 Å². The summed E-state index contributed by atoms with van der Waals surface area (Å²) in [6.07, 6.45) is 7.48. The average molecular weight is 328 g/mol. The molecule has 1 heterocycles. The van der Waals surface area contributed by atoms with Gasteiger partial charge in [0.15, 0.2) is 0 Å². The van der Waals surface area contributed by atoms with E-state index in [1.807, 2.05) is 0 Å². The molecule has 3 rings (SSSR count). The smallest absolute Gasteiger partial charge is 0.261 e. The van der Waals surface area contributed by atoms with Crippen molar-refractivity contribution in [1.82, 2.24) is 5.32 Å². The van der Waals surface area contributed by atoms with Gasteiger partial charge in [0.2, 0.25) is 0 Å². The Hall–Kier alpha value is -0.350. The second-order valence-corrected chi connectivity index (χ2v) is 7.64. The van der Waals surface area contributed by atoms with Crippen LogP contribution in [0, 0.1) is 5.92 Å². The van der Waals surface area contributed by atoms with Gasteiger partial charge in [0, 0.05) is 16.2 Å². The molecule has 0 aliphatic heterocycles. The van der Waals surface area contributed by atoms with Crippen LogP contribution in [0.15, 0.2) is 6.07 Å². The summed E-state index contributed by atoms with van der Waals surface area (Å²) in [5.41, 5.74) is 1.41. The monoisotopic (exact) mass is 327 g/mol. The highest BCUT2D eigenvalue weighted by molar-refractivity contribution is 9.09. The van der Waals surface area contributed by atoms with Crippen molar-refractivity contribution in [2.45, 2.75) is 43.4 Å². The second-order valence-electron chi connectivity index (χ2n) is 5.33. The van der Waals surface area contributed by atoms with Crippen molar-refractivity contribution in [1.29, 1.82) is 0 Å². The van der Waals surface area contributed by atoms with Crippen molar-refractivity contribution in [3.63, 3.8) is 0 Å². The zero-order valence-corrected chi connectivity index (χ0v) is 12.8. The lowest BCUT2D eigenvalue weighted by atomic mass is 9.99. The first kappa shape index (κ1) is 12.7. The minimum absolute atomic E-state index is 0.111. The number of halogens is 1. The Morgan fingerprint density at radius 2 is 2.22 bits per heavy atom. The van der Waals surface area contributed by atoms with Crippen LogP contribution in [-0.4, -0.2) is 17.3 Å². The Morgan fingerprint density at radius 3 is 2.94 bits per heavy atom. The number of carbonyl (C=O) groups excluding carboxylic acids is 1. The number of hydrogen-bond acceptors (Lipinski definition) is 2. The maximum Gasteiger partial charge on any atom is 0.261 e. The minimum Gasteiger partial charge on any atom is -0.350 e. The van der Waals surface area contributed by atoms with E-state index < -0.39 is 0 Å². The Labute approximate surface area is 120 Å². The number of hydrogen-bond donors (Lipinski definition) is 1. The van der Waals surface area contributed by atoms with Gasteiger partial charge in [0.25, 0.3) is 5.91 Å². The fourth-order valence-electron chi connectivity index (χ4n) is 2.50. The highest BCUT2D eigenvalue weighted by atomic mass is 79.9. The maximum atomic E-state index is 12.1. The van der Waals surface area contributed by atoms with Crippen LogP contribution < -0.4 is 5.32 Å². The van der Waals surface area contributed by atoms with Crippen molar-refractivity contribution >= 4 is 33.2 Å². The van der Waals surface area contributed by atoms with Gasteiger partial charge in [-0.25, -0.2) is 0 Å². The van der Waals surface area contributed by atoms with Gasteiger partial charge in [-0.3, -0.25) is 4.79 Å². The molecule has 0 saturated heterocycles. The number of thiophene rings is 1. The molecule has 1 unspecified atom stereocenters. The maximum absolute atomic E-state index is 12.1. The number of nitrogens with one attached hydrogen (secondary N) is 1. The first-order valence-corrected chi connectivity index (χ1v) is 8.51. The molecule has 1 fully saturated rings. The van der Waals surface area contributed by atoms with E-state index in [-0.39, 0.29) is 5.91 Å². The normalized spacial score (nSPS) is 20.3. The van der Waals surface area contributed by atoms with E-state index in [0.29, 0.717) is 4.83 Å². The predicted molar refractivity (Wildman–Crippen MR) is 78.7 cm³/mol. The Bertz CT molecular complexity index is 429. The molecule has 98 valence electrons. The first-order valence-electron chi connectivity index (χ1n) is 6.78. The van der Waals surface area contributed by atoms with Crippen molar-refractivity contribution in [2.24, 2.45) is 5.92 Å². The van der Waals surface area contributed by atoms with E-state index in [1.54, 1.807) is 11.3 Å². The third kappa shape index (κ3) is 2.80. The largest absolute Gasteiger partial charge is 0.350 e. The summed E-state index contributed by atoms with van der Waals surface area (Å²) in [5, 5.41) is 3.05. The van der Waals surface area contributed by atoms with Crippen LogP contribution in [0.25, 0.3) is 0 Å². The zero-order chi connectivity index (χ0) is 12.5. The van der Waals surface area contributed by atoms with Gasteiger partial charge < -0.3 is 5.32 Å². The van der Waals surface area contributed by atoms with Gasteiger partial charge in [0.05, 0.1) is 4.88 Å².